The summed E-state index contributed by atoms with van der Waals surface area (Å²) in [5, 5.41) is 18.0. The molecule has 0 bridgehead atoms. The maximum Gasteiger partial charge on any atom is 0.0856 e. The van der Waals surface area contributed by atoms with E-state index in [1.165, 1.54) is 0 Å². The van der Waals surface area contributed by atoms with E-state index in [1.807, 2.05) is 38.4 Å². The Labute approximate surface area is 108 Å². The van der Waals surface area contributed by atoms with Crippen molar-refractivity contribution in [1.29, 1.82) is 0 Å². The van der Waals surface area contributed by atoms with Crippen LogP contribution in [0, 0.1) is 6.92 Å². The molecule has 0 aliphatic heterocycles. The Morgan fingerprint density at radius 2 is 2.24 bits per heavy atom. The Balaban J connectivity index is 2.20. The molecule has 1 aromatic heterocycles. The number of nitrogens with zero attached hydrogens (tertiary/aromatic N) is 3. The number of aryl methyl sites for hydroxylation is 1. The molecule has 5 heteroatoms. The zero-order valence-electron chi connectivity index (χ0n) is 9.76. The lowest BCUT2D eigenvalue weighted by Gasteiger charge is -2.13. The normalized spacial score (nSPS) is 12.7. The molecule has 1 N–H and O–H groups in total. The van der Waals surface area contributed by atoms with Crippen molar-refractivity contribution in [3.63, 3.8) is 0 Å². The Kier molecular flexibility index (Phi) is 3.59. The van der Waals surface area contributed by atoms with Gasteiger partial charge < -0.3 is 5.11 Å². The first-order valence-electron chi connectivity index (χ1n) is 5.36. The number of hydrogen-bond donors (Lipinski definition) is 1. The molecule has 0 aliphatic carbocycles. The molecule has 2 rings (SSSR count). The van der Waals surface area contributed by atoms with Crippen LogP contribution >= 0.6 is 15.9 Å². The molecule has 0 fully saturated rings. The fourth-order valence-corrected chi connectivity index (χ4v) is 2.16. The summed E-state index contributed by atoms with van der Waals surface area (Å²) < 4.78 is 2.64. The average molecular weight is 296 g/mol. The van der Waals surface area contributed by atoms with Gasteiger partial charge in [0.25, 0.3) is 0 Å². The van der Waals surface area contributed by atoms with E-state index in [2.05, 4.69) is 26.2 Å². The standard InChI is InChI=1S/C12H14BrN3O/c1-8-10(4-3-5-11(8)13)12(17)6-9-7-16(2)15-14-9/h3-5,7,12,17H,6H2,1-2H3. The van der Waals surface area contributed by atoms with Crippen LogP contribution in [0.25, 0.3) is 0 Å². The van der Waals surface area contributed by atoms with Gasteiger partial charge in [-0.2, -0.15) is 0 Å². The Morgan fingerprint density at radius 3 is 2.88 bits per heavy atom. The number of hydrogen-bond acceptors (Lipinski definition) is 3. The molecular formula is C12H14BrN3O. The minimum absolute atomic E-state index is 0.477. The first-order chi connectivity index (χ1) is 8.08. The van der Waals surface area contributed by atoms with Crippen molar-refractivity contribution in [3.8, 4) is 0 Å². The zero-order chi connectivity index (χ0) is 12.4. The number of aromatic nitrogens is 3. The fraction of sp³-hybridized carbons (Fsp3) is 0.333. The highest BCUT2D eigenvalue weighted by Gasteiger charge is 2.14. The maximum atomic E-state index is 10.2. The van der Waals surface area contributed by atoms with Crippen LogP contribution in [0.15, 0.2) is 28.9 Å². The lowest BCUT2D eigenvalue weighted by atomic mass is 10.0. The van der Waals surface area contributed by atoms with Crippen molar-refractivity contribution in [2.75, 3.05) is 0 Å². The molecule has 0 spiro atoms. The smallest absolute Gasteiger partial charge is 0.0856 e. The van der Waals surface area contributed by atoms with E-state index in [1.54, 1.807) is 4.68 Å². The van der Waals surface area contributed by atoms with Crippen LogP contribution in [0.4, 0.5) is 0 Å². The predicted molar refractivity (Wildman–Crippen MR) is 68.5 cm³/mol. The highest BCUT2D eigenvalue weighted by atomic mass is 79.9. The molecule has 90 valence electrons. The van der Waals surface area contributed by atoms with Crippen molar-refractivity contribution in [1.82, 2.24) is 15.0 Å². The third-order valence-corrected chi connectivity index (χ3v) is 3.58. The van der Waals surface area contributed by atoms with Gasteiger partial charge in [-0.3, -0.25) is 4.68 Å². The molecule has 1 heterocycles. The average Bonchev–Trinajstić information content (AvgIpc) is 2.68. The SMILES string of the molecule is Cc1c(Br)cccc1C(O)Cc1cn(C)nn1. The van der Waals surface area contributed by atoms with Gasteiger partial charge in [-0.15, -0.1) is 5.10 Å². The van der Waals surface area contributed by atoms with Crippen molar-refractivity contribution < 1.29 is 5.11 Å². The molecule has 0 saturated carbocycles. The monoisotopic (exact) mass is 295 g/mol. The van der Waals surface area contributed by atoms with E-state index in [-0.39, 0.29) is 0 Å². The van der Waals surface area contributed by atoms with E-state index in [4.69, 9.17) is 0 Å². The lowest BCUT2D eigenvalue weighted by molar-refractivity contribution is 0.176. The van der Waals surface area contributed by atoms with E-state index in [0.717, 1.165) is 21.3 Å². The first-order valence-corrected chi connectivity index (χ1v) is 6.15. The van der Waals surface area contributed by atoms with Crippen molar-refractivity contribution in [2.45, 2.75) is 19.4 Å². The molecule has 1 atom stereocenters. The summed E-state index contributed by atoms with van der Waals surface area (Å²) in [5.41, 5.74) is 2.77. The Morgan fingerprint density at radius 1 is 1.47 bits per heavy atom. The van der Waals surface area contributed by atoms with Gasteiger partial charge in [0, 0.05) is 24.1 Å². The topological polar surface area (TPSA) is 50.9 Å². The van der Waals surface area contributed by atoms with Gasteiger partial charge >= 0.3 is 0 Å². The summed E-state index contributed by atoms with van der Waals surface area (Å²) in [6, 6.07) is 5.82. The number of halogens is 1. The van der Waals surface area contributed by atoms with Gasteiger partial charge in [0.05, 0.1) is 11.8 Å². The minimum atomic E-state index is -0.552. The molecule has 0 radical (unpaired) electrons. The van der Waals surface area contributed by atoms with Crippen molar-refractivity contribution >= 4 is 15.9 Å². The molecule has 0 aliphatic rings. The molecule has 17 heavy (non-hydrogen) atoms. The van der Waals surface area contributed by atoms with Gasteiger partial charge in [-0.1, -0.05) is 33.3 Å². The number of rotatable bonds is 3. The summed E-state index contributed by atoms with van der Waals surface area (Å²) in [6.07, 6.45) is 1.74. The fourth-order valence-electron chi connectivity index (χ4n) is 1.78. The van der Waals surface area contributed by atoms with Crippen LogP contribution in [0.5, 0.6) is 0 Å². The summed E-state index contributed by atoms with van der Waals surface area (Å²) in [7, 11) is 1.81. The second kappa shape index (κ2) is 4.98. The van der Waals surface area contributed by atoms with Gasteiger partial charge in [-0.05, 0) is 24.1 Å². The van der Waals surface area contributed by atoms with E-state index in [9.17, 15) is 5.11 Å². The van der Waals surface area contributed by atoms with Crippen molar-refractivity contribution in [2.24, 2.45) is 7.05 Å². The highest BCUT2D eigenvalue weighted by molar-refractivity contribution is 9.10. The molecule has 4 nitrogen and oxygen atoms in total. The van der Waals surface area contributed by atoms with Crippen LogP contribution in [-0.2, 0) is 13.5 Å². The predicted octanol–water partition coefficient (Wildman–Crippen LogP) is 2.16. The number of benzene rings is 1. The first kappa shape index (κ1) is 12.3. The molecule has 1 unspecified atom stereocenters. The third-order valence-electron chi connectivity index (χ3n) is 2.72. The van der Waals surface area contributed by atoms with Crippen LogP contribution in [0.2, 0.25) is 0 Å². The largest absolute Gasteiger partial charge is 0.388 e. The van der Waals surface area contributed by atoms with Gasteiger partial charge in [0.15, 0.2) is 0 Å². The van der Waals surface area contributed by atoms with Gasteiger partial charge in [0.2, 0.25) is 0 Å². The number of aliphatic hydroxyl groups is 1. The minimum Gasteiger partial charge on any atom is -0.388 e. The molecule has 0 saturated heterocycles. The maximum absolute atomic E-state index is 10.2. The van der Waals surface area contributed by atoms with Crippen molar-refractivity contribution in [3.05, 3.63) is 45.7 Å². The summed E-state index contributed by atoms with van der Waals surface area (Å²) >= 11 is 3.46. The summed E-state index contributed by atoms with van der Waals surface area (Å²) in [4.78, 5) is 0. The van der Waals surface area contributed by atoms with E-state index >= 15 is 0 Å². The highest BCUT2D eigenvalue weighted by Crippen LogP contribution is 2.26. The van der Waals surface area contributed by atoms with Crippen LogP contribution < -0.4 is 0 Å². The van der Waals surface area contributed by atoms with Gasteiger partial charge in [-0.25, -0.2) is 0 Å². The quantitative estimate of drug-likeness (QED) is 0.944. The zero-order valence-corrected chi connectivity index (χ0v) is 11.3. The van der Waals surface area contributed by atoms with Crippen LogP contribution in [0.3, 0.4) is 0 Å². The summed E-state index contributed by atoms with van der Waals surface area (Å²) in [5.74, 6) is 0. The second-order valence-corrected chi connectivity index (χ2v) is 4.91. The lowest BCUT2D eigenvalue weighted by Crippen LogP contribution is -2.04. The number of aliphatic hydroxyl groups excluding tert-OH is 1. The molecule has 0 amide bonds. The third kappa shape index (κ3) is 2.73. The van der Waals surface area contributed by atoms with E-state index < -0.39 is 6.10 Å². The molecular weight excluding hydrogens is 282 g/mol. The van der Waals surface area contributed by atoms with Crippen LogP contribution in [0.1, 0.15) is 22.9 Å². The van der Waals surface area contributed by atoms with Crippen LogP contribution in [-0.4, -0.2) is 20.1 Å². The summed E-state index contributed by atoms with van der Waals surface area (Å²) in [6.45, 7) is 1.99. The second-order valence-electron chi connectivity index (χ2n) is 4.06. The molecule has 2 aromatic rings. The van der Waals surface area contributed by atoms with Gasteiger partial charge in [0.1, 0.15) is 0 Å². The Bertz CT molecular complexity index is 524. The van der Waals surface area contributed by atoms with E-state index in [0.29, 0.717) is 6.42 Å². The Hall–Kier alpha value is -1.20. The molecule has 1 aromatic carbocycles.